The third-order valence-corrected chi connectivity index (χ3v) is 3.80. The number of amides is 1. The minimum atomic E-state index is -0.0897. The molecule has 5 heteroatoms. The molecule has 0 bridgehead atoms. The largest absolute Gasteiger partial charge is 0.496 e. The van der Waals surface area contributed by atoms with Crippen molar-refractivity contribution in [2.75, 3.05) is 13.7 Å². The normalized spacial score (nSPS) is 10.7. The van der Waals surface area contributed by atoms with E-state index in [4.69, 9.17) is 4.74 Å². The van der Waals surface area contributed by atoms with Crippen molar-refractivity contribution in [1.29, 1.82) is 0 Å². The van der Waals surface area contributed by atoms with Gasteiger partial charge in [0.1, 0.15) is 5.75 Å². The molecule has 23 heavy (non-hydrogen) atoms. The summed E-state index contributed by atoms with van der Waals surface area (Å²) in [5.41, 5.74) is 4.61. The second-order valence-electron chi connectivity index (χ2n) is 5.46. The Morgan fingerprint density at radius 3 is 2.96 bits per heavy atom. The van der Waals surface area contributed by atoms with Crippen LogP contribution in [0.1, 0.15) is 21.5 Å². The van der Waals surface area contributed by atoms with Crippen LogP contribution >= 0.6 is 0 Å². The second kappa shape index (κ2) is 6.52. The van der Waals surface area contributed by atoms with Crippen LogP contribution in [0.5, 0.6) is 5.75 Å². The number of nitrogens with one attached hydrogen (secondary N) is 2. The Hall–Kier alpha value is -2.82. The van der Waals surface area contributed by atoms with E-state index in [1.165, 1.54) is 5.56 Å². The molecule has 3 aromatic rings. The number of methoxy groups -OCH3 is 1. The van der Waals surface area contributed by atoms with Gasteiger partial charge >= 0.3 is 0 Å². The molecule has 5 nitrogen and oxygen atoms in total. The molecule has 2 N–H and O–H groups in total. The predicted molar refractivity (Wildman–Crippen MR) is 89.9 cm³/mol. The highest BCUT2D eigenvalue weighted by Crippen LogP contribution is 2.19. The Labute approximate surface area is 134 Å². The van der Waals surface area contributed by atoms with Crippen molar-refractivity contribution in [2.45, 2.75) is 13.3 Å². The summed E-state index contributed by atoms with van der Waals surface area (Å²) in [6.07, 6.45) is 2.35. The molecule has 0 atom stereocenters. The first-order valence-corrected chi connectivity index (χ1v) is 7.52. The quantitative estimate of drug-likeness (QED) is 0.761. The summed E-state index contributed by atoms with van der Waals surface area (Å²) in [6.45, 7) is 2.60. The fourth-order valence-electron chi connectivity index (χ4n) is 2.59. The van der Waals surface area contributed by atoms with Crippen LogP contribution in [0.4, 0.5) is 0 Å². The zero-order valence-electron chi connectivity index (χ0n) is 13.2. The summed E-state index contributed by atoms with van der Waals surface area (Å²) in [6, 6.07) is 11.5. The monoisotopic (exact) mass is 309 g/mol. The summed E-state index contributed by atoms with van der Waals surface area (Å²) >= 11 is 0. The average Bonchev–Trinajstić information content (AvgIpc) is 3.02. The standard InChI is InChI=1S/C18H19N3O2/c1-12-3-6-17(23-2)13(9-12)7-8-19-18(22)14-4-5-15-16(10-14)21-11-20-15/h3-6,9-11H,7-8H2,1-2H3,(H,19,22)(H,20,21). The number of benzene rings is 2. The van der Waals surface area contributed by atoms with Gasteiger partial charge in [0.2, 0.25) is 0 Å². The molecule has 1 heterocycles. The number of hydrogen-bond acceptors (Lipinski definition) is 3. The van der Waals surface area contributed by atoms with Crippen molar-refractivity contribution < 1.29 is 9.53 Å². The van der Waals surface area contributed by atoms with Gasteiger partial charge in [-0.3, -0.25) is 4.79 Å². The molecule has 0 fully saturated rings. The molecule has 118 valence electrons. The van der Waals surface area contributed by atoms with E-state index in [-0.39, 0.29) is 5.91 Å². The Morgan fingerprint density at radius 1 is 1.26 bits per heavy atom. The summed E-state index contributed by atoms with van der Waals surface area (Å²) in [5.74, 6) is 0.761. The van der Waals surface area contributed by atoms with Gasteiger partial charge in [0.05, 0.1) is 24.5 Å². The lowest BCUT2D eigenvalue weighted by Gasteiger charge is -2.10. The van der Waals surface area contributed by atoms with Gasteiger partial charge in [-0.25, -0.2) is 4.98 Å². The molecule has 0 saturated carbocycles. The van der Waals surface area contributed by atoms with E-state index >= 15 is 0 Å². The number of H-pyrrole nitrogens is 1. The molecule has 1 amide bonds. The molecule has 0 aliphatic rings. The van der Waals surface area contributed by atoms with Crippen molar-refractivity contribution in [2.24, 2.45) is 0 Å². The highest BCUT2D eigenvalue weighted by Gasteiger charge is 2.08. The molecule has 0 aliphatic heterocycles. The van der Waals surface area contributed by atoms with Gasteiger partial charge < -0.3 is 15.0 Å². The first-order chi connectivity index (χ1) is 11.2. The number of hydrogen-bond donors (Lipinski definition) is 2. The van der Waals surface area contributed by atoms with Crippen LogP contribution in [0, 0.1) is 6.92 Å². The van der Waals surface area contributed by atoms with E-state index in [2.05, 4.69) is 21.4 Å². The van der Waals surface area contributed by atoms with Gasteiger partial charge in [-0.15, -0.1) is 0 Å². The van der Waals surface area contributed by atoms with Crippen LogP contribution in [0.3, 0.4) is 0 Å². The highest BCUT2D eigenvalue weighted by molar-refractivity contribution is 5.97. The molecule has 0 saturated heterocycles. The molecule has 0 radical (unpaired) electrons. The maximum Gasteiger partial charge on any atom is 0.251 e. The van der Waals surface area contributed by atoms with Crippen molar-refractivity contribution in [1.82, 2.24) is 15.3 Å². The van der Waals surface area contributed by atoms with E-state index in [9.17, 15) is 4.79 Å². The van der Waals surface area contributed by atoms with E-state index < -0.39 is 0 Å². The van der Waals surface area contributed by atoms with Gasteiger partial charge in [-0.1, -0.05) is 17.7 Å². The number of fused-ring (bicyclic) bond motifs is 1. The first-order valence-electron chi connectivity index (χ1n) is 7.52. The van der Waals surface area contributed by atoms with E-state index in [0.29, 0.717) is 12.1 Å². The van der Waals surface area contributed by atoms with Crippen LogP contribution in [-0.2, 0) is 6.42 Å². The Balaban J connectivity index is 1.64. The lowest BCUT2D eigenvalue weighted by molar-refractivity contribution is 0.0954. The summed E-state index contributed by atoms with van der Waals surface area (Å²) < 4.78 is 5.36. The highest BCUT2D eigenvalue weighted by atomic mass is 16.5. The fraction of sp³-hybridized carbons (Fsp3) is 0.222. The van der Waals surface area contributed by atoms with Gasteiger partial charge in [0.25, 0.3) is 5.91 Å². The van der Waals surface area contributed by atoms with Gasteiger partial charge in [0, 0.05) is 12.1 Å². The van der Waals surface area contributed by atoms with Crippen molar-refractivity contribution in [3.05, 3.63) is 59.4 Å². The maximum absolute atomic E-state index is 12.2. The smallest absolute Gasteiger partial charge is 0.251 e. The number of aromatic nitrogens is 2. The summed E-state index contributed by atoms with van der Waals surface area (Å²) in [4.78, 5) is 19.4. The topological polar surface area (TPSA) is 67.0 Å². The van der Waals surface area contributed by atoms with Crippen molar-refractivity contribution in [3.8, 4) is 5.75 Å². The average molecular weight is 309 g/mol. The Kier molecular flexibility index (Phi) is 4.28. The van der Waals surface area contributed by atoms with Crippen LogP contribution in [0.15, 0.2) is 42.7 Å². The SMILES string of the molecule is COc1ccc(C)cc1CCNC(=O)c1ccc2nc[nH]c2c1. The molecule has 2 aromatic carbocycles. The first kappa shape index (κ1) is 15.1. The van der Waals surface area contributed by atoms with Crippen molar-refractivity contribution in [3.63, 3.8) is 0 Å². The minimum absolute atomic E-state index is 0.0897. The molecule has 0 aliphatic carbocycles. The zero-order chi connectivity index (χ0) is 16.2. The lowest BCUT2D eigenvalue weighted by atomic mass is 10.1. The molecule has 3 rings (SSSR count). The molecule has 1 aromatic heterocycles. The van der Waals surface area contributed by atoms with E-state index in [1.54, 1.807) is 19.5 Å². The zero-order valence-corrected chi connectivity index (χ0v) is 13.2. The number of ether oxygens (including phenoxy) is 1. The van der Waals surface area contributed by atoms with Crippen molar-refractivity contribution >= 4 is 16.9 Å². The molecule has 0 unspecified atom stereocenters. The van der Waals surface area contributed by atoms with Crippen LogP contribution < -0.4 is 10.1 Å². The number of rotatable bonds is 5. The summed E-state index contributed by atoms with van der Waals surface area (Å²) in [5, 5.41) is 2.95. The van der Waals surface area contributed by atoms with Gasteiger partial charge in [-0.2, -0.15) is 0 Å². The number of carbonyl (C=O) groups is 1. The third kappa shape index (κ3) is 3.34. The van der Waals surface area contributed by atoms with Crippen LogP contribution in [-0.4, -0.2) is 29.5 Å². The number of aryl methyl sites for hydroxylation is 1. The minimum Gasteiger partial charge on any atom is -0.496 e. The fourth-order valence-corrected chi connectivity index (χ4v) is 2.59. The third-order valence-electron chi connectivity index (χ3n) is 3.80. The number of nitrogens with zero attached hydrogens (tertiary/aromatic N) is 1. The Bertz CT molecular complexity index is 839. The maximum atomic E-state index is 12.2. The van der Waals surface area contributed by atoms with Crippen LogP contribution in [0.25, 0.3) is 11.0 Å². The predicted octanol–water partition coefficient (Wildman–Crippen LogP) is 2.85. The summed E-state index contributed by atoms with van der Waals surface area (Å²) in [7, 11) is 1.66. The van der Waals surface area contributed by atoms with E-state index in [0.717, 1.165) is 28.8 Å². The second-order valence-corrected chi connectivity index (χ2v) is 5.46. The van der Waals surface area contributed by atoms with Gasteiger partial charge in [-0.05, 0) is 43.2 Å². The number of imidazole rings is 1. The number of carbonyl (C=O) groups excluding carboxylic acids is 1. The number of aromatic amines is 1. The van der Waals surface area contributed by atoms with E-state index in [1.807, 2.05) is 31.2 Å². The van der Waals surface area contributed by atoms with Crippen LogP contribution in [0.2, 0.25) is 0 Å². The molecule has 0 spiro atoms. The van der Waals surface area contributed by atoms with Gasteiger partial charge in [0.15, 0.2) is 0 Å². The Morgan fingerprint density at radius 2 is 2.13 bits per heavy atom. The lowest BCUT2D eigenvalue weighted by Crippen LogP contribution is -2.25. The molecular formula is C18H19N3O2. The molecular weight excluding hydrogens is 290 g/mol.